The van der Waals surface area contributed by atoms with Crippen molar-refractivity contribution in [3.8, 4) is 11.5 Å². The van der Waals surface area contributed by atoms with Gasteiger partial charge in [-0.05, 0) is 37.3 Å². The Hall–Kier alpha value is -1.26. The highest BCUT2D eigenvalue weighted by atomic mass is 16.5. The summed E-state index contributed by atoms with van der Waals surface area (Å²) in [6.07, 6.45) is 2.18. The lowest BCUT2D eigenvalue weighted by molar-refractivity contribution is 0.0426. The second-order valence-corrected chi connectivity index (χ2v) is 4.88. The van der Waals surface area contributed by atoms with Gasteiger partial charge in [-0.3, -0.25) is 0 Å². The van der Waals surface area contributed by atoms with E-state index in [1.165, 1.54) is 0 Å². The molecule has 1 saturated heterocycles. The molecule has 0 aromatic heterocycles. The van der Waals surface area contributed by atoms with E-state index in [4.69, 9.17) is 14.2 Å². The minimum atomic E-state index is -0.561. The van der Waals surface area contributed by atoms with Crippen molar-refractivity contribution < 1.29 is 19.3 Å². The quantitative estimate of drug-likeness (QED) is 0.889. The van der Waals surface area contributed by atoms with Gasteiger partial charge in [0, 0.05) is 13.2 Å². The molecule has 1 aromatic carbocycles. The maximum Gasteiger partial charge on any atom is 0.128 e. The van der Waals surface area contributed by atoms with Crippen molar-refractivity contribution in [3.05, 3.63) is 23.8 Å². The van der Waals surface area contributed by atoms with E-state index in [1.807, 2.05) is 18.2 Å². The summed E-state index contributed by atoms with van der Waals surface area (Å²) in [5.74, 6) is 1.86. The number of aliphatic hydroxyl groups excluding tert-OH is 1. The Kier molecular flexibility index (Phi) is 5.05. The molecule has 1 fully saturated rings. The molecule has 106 valence electrons. The van der Waals surface area contributed by atoms with E-state index in [2.05, 4.69) is 0 Å². The van der Waals surface area contributed by atoms with Gasteiger partial charge in [0.25, 0.3) is 0 Å². The molecule has 4 heteroatoms. The number of ether oxygens (including phenoxy) is 3. The van der Waals surface area contributed by atoms with Crippen LogP contribution < -0.4 is 9.47 Å². The summed E-state index contributed by atoms with van der Waals surface area (Å²) in [6, 6.07) is 5.57. The second-order valence-electron chi connectivity index (χ2n) is 4.88. The largest absolute Gasteiger partial charge is 0.496 e. The lowest BCUT2D eigenvalue weighted by Gasteiger charge is -2.25. The third-order valence-electron chi connectivity index (χ3n) is 3.70. The fourth-order valence-electron chi connectivity index (χ4n) is 2.62. The smallest absolute Gasteiger partial charge is 0.128 e. The highest BCUT2D eigenvalue weighted by molar-refractivity contribution is 5.46. The van der Waals surface area contributed by atoms with Gasteiger partial charge in [-0.2, -0.15) is 0 Å². The Morgan fingerprint density at radius 2 is 1.79 bits per heavy atom. The standard InChI is InChI=1S/C15H22O4/c1-17-13-4-3-5-14(18-2)15(13)12(16)10-11-6-8-19-9-7-11/h3-5,11-12,16H,6-10H2,1-2H3. The van der Waals surface area contributed by atoms with Crippen molar-refractivity contribution in [2.24, 2.45) is 5.92 Å². The van der Waals surface area contributed by atoms with E-state index in [9.17, 15) is 5.11 Å². The van der Waals surface area contributed by atoms with Crippen molar-refractivity contribution in [3.63, 3.8) is 0 Å². The number of hydrogen-bond donors (Lipinski definition) is 1. The van der Waals surface area contributed by atoms with Gasteiger partial charge in [0.15, 0.2) is 0 Å². The Labute approximate surface area is 114 Å². The number of benzene rings is 1. The van der Waals surface area contributed by atoms with Gasteiger partial charge in [-0.1, -0.05) is 6.07 Å². The molecular formula is C15H22O4. The predicted molar refractivity (Wildman–Crippen MR) is 72.7 cm³/mol. The van der Waals surface area contributed by atoms with Gasteiger partial charge >= 0.3 is 0 Å². The number of aliphatic hydroxyl groups is 1. The molecular weight excluding hydrogens is 244 g/mol. The monoisotopic (exact) mass is 266 g/mol. The van der Waals surface area contributed by atoms with Crippen molar-refractivity contribution >= 4 is 0 Å². The van der Waals surface area contributed by atoms with Crippen LogP contribution >= 0.6 is 0 Å². The summed E-state index contributed by atoms with van der Waals surface area (Å²) >= 11 is 0. The van der Waals surface area contributed by atoms with Gasteiger partial charge in [-0.15, -0.1) is 0 Å². The van der Waals surface area contributed by atoms with Gasteiger partial charge in [0.1, 0.15) is 11.5 Å². The van der Waals surface area contributed by atoms with E-state index in [-0.39, 0.29) is 0 Å². The van der Waals surface area contributed by atoms with E-state index >= 15 is 0 Å². The summed E-state index contributed by atoms with van der Waals surface area (Å²) in [5.41, 5.74) is 0.749. The summed E-state index contributed by atoms with van der Waals surface area (Å²) < 4.78 is 16.0. The lowest BCUT2D eigenvalue weighted by atomic mass is 9.90. The first kappa shape index (κ1) is 14.2. The molecule has 0 spiro atoms. The average molecular weight is 266 g/mol. The second kappa shape index (κ2) is 6.78. The maximum absolute atomic E-state index is 10.5. The van der Waals surface area contributed by atoms with E-state index < -0.39 is 6.10 Å². The average Bonchev–Trinajstić information content (AvgIpc) is 2.47. The van der Waals surface area contributed by atoms with Crippen LogP contribution in [-0.4, -0.2) is 32.5 Å². The zero-order valence-electron chi connectivity index (χ0n) is 11.6. The Bertz CT molecular complexity index is 377. The highest BCUT2D eigenvalue weighted by Gasteiger charge is 2.23. The van der Waals surface area contributed by atoms with Crippen LogP contribution in [0.25, 0.3) is 0 Å². The van der Waals surface area contributed by atoms with Crippen LogP contribution in [0.4, 0.5) is 0 Å². The predicted octanol–water partition coefficient (Wildman–Crippen LogP) is 2.55. The first-order chi connectivity index (χ1) is 9.26. The molecule has 1 aromatic rings. The van der Waals surface area contributed by atoms with Crippen LogP contribution in [0.2, 0.25) is 0 Å². The number of methoxy groups -OCH3 is 2. The molecule has 0 radical (unpaired) electrons. The molecule has 19 heavy (non-hydrogen) atoms. The lowest BCUT2D eigenvalue weighted by Crippen LogP contribution is -2.18. The molecule has 0 amide bonds. The Balaban J connectivity index is 2.14. The van der Waals surface area contributed by atoms with Crippen LogP contribution in [-0.2, 0) is 4.74 Å². The molecule has 0 bridgehead atoms. The number of hydrogen-bond acceptors (Lipinski definition) is 4. The topological polar surface area (TPSA) is 47.9 Å². The molecule has 1 unspecified atom stereocenters. The van der Waals surface area contributed by atoms with Crippen molar-refractivity contribution in [1.82, 2.24) is 0 Å². The highest BCUT2D eigenvalue weighted by Crippen LogP contribution is 2.38. The summed E-state index contributed by atoms with van der Waals surface area (Å²) in [6.45, 7) is 1.58. The fourth-order valence-corrected chi connectivity index (χ4v) is 2.62. The molecule has 1 aliphatic rings. The Morgan fingerprint density at radius 3 is 2.32 bits per heavy atom. The third kappa shape index (κ3) is 3.39. The first-order valence-corrected chi connectivity index (χ1v) is 6.73. The first-order valence-electron chi connectivity index (χ1n) is 6.73. The van der Waals surface area contributed by atoms with Gasteiger partial charge < -0.3 is 19.3 Å². The van der Waals surface area contributed by atoms with Gasteiger partial charge in [-0.25, -0.2) is 0 Å². The minimum absolute atomic E-state index is 0.498. The fraction of sp³-hybridized carbons (Fsp3) is 0.600. The molecule has 1 heterocycles. The van der Waals surface area contributed by atoms with Crippen LogP contribution in [0, 0.1) is 5.92 Å². The van der Waals surface area contributed by atoms with Crippen molar-refractivity contribution in [2.45, 2.75) is 25.4 Å². The summed E-state index contributed by atoms with van der Waals surface area (Å²) in [4.78, 5) is 0. The zero-order chi connectivity index (χ0) is 13.7. The van der Waals surface area contributed by atoms with Gasteiger partial charge in [0.2, 0.25) is 0 Å². The van der Waals surface area contributed by atoms with Crippen LogP contribution in [0.3, 0.4) is 0 Å². The molecule has 0 aliphatic carbocycles. The zero-order valence-corrected chi connectivity index (χ0v) is 11.6. The molecule has 0 saturated carbocycles. The van der Waals surface area contributed by atoms with Crippen LogP contribution in [0.1, 0.15) is 30.9 Å². The molecule has 1 aliphatic heterocycles. The van der Waals surface area contributed by atoms with E-state index in [0.29, 0.717) is 17.4 Å². The molecule has 4 nitrogen and oxygen atoms in total. The van der Waals surface area contributed by atoms with Crippen LogP contribution in [0.5, 0.6) is 11.5 Å². The molecule has 2 rings (SSSR count). The summed E-state index contributed by atoms with van der Waals surface area (Å²) in [7, 11) is 3.22. The molecule has 1 N–H and O–H groups in total. The third-order valence-corrected chi connectivity index (χ3v) is 3.70. The summed E-state index contributed by atoms with van der Waals surface area (Å²) in [5, 5.41) is 10.5. The van der Waals surface area contributed by atoms with Crippen LogP contribution in [0.15, 0.2) is 18.2 Å². The minimum Gasteiger partial charge on any atom is -0.496 e. The van der Waals surface area contributed by atoms with Crippen molar-refractivity contribution in [1.29, 1.82) is 0 Å². The molecule has 1 atom stereocenters. The normalized spacial score (nSPS) is 18.1. The van der Waals surface area contributed by atoms with E-state index in [0.717, 1.165) is 38.0 Å². The number of rotatable bonds is 5. The van der Waals surface area contributed by atoms with E-state index in [1.54, 1.807) is 14.2 Å². The maximum atomic E-state index is 10.5. The SMILES string of the molecule is COc1cccc(OC)c1C(O)CC1CCOCC1. The Morgan fingerprint density at radius 1 is 1.21 bits per heavy atom. The van der Waals surface area contributed by atoms with Crippen molar-refractivity contribution in [2.75, 3.05) is 27.4 Å². The van der Waals surface area contributed by atoms with Gasteiger partial charge in [0.05, 0.1) is 25.9 Å².